The number of piperazine rings is 1. The number of rotatable bonds is 2. The molecule has 1 aliphatic rings. The van der Waals surface area contributed by atoms with E-state index in [4.69, 9.17) is 0 Å². The van der Waals surface area contributed by atoms with Crippen LogP contribution in [0.3, 0.4) is 0 Å². The number of amides is 2. The summed E-state index contributed by atoms with van der Waals surface area (Å²) in [7, 11) is 0. The molecule has 0 unspecified atom stereocenters. The summed E-state index contributed by atoms with van der Waals surface area (Å²) in [6, 6.07) is 7.76. The largest absolute Gasteiger partial charge is 0.339 e. The molecule has 0 radical (unpaired) electrons. The first-order valence-corrected chi connectivity index (χ1v) is 7.93. The van der Waals surface area contributed by atoms with E-state index in [-0.39, 0.29) is 11.8 Å². The van der Waals surface area contributed by atoms with Crippen LogP contribution in [0.4, 0.5) is 0 Å². The standard InChI is InChI=1S/C15H17N3O2S/c1-2-13(19)17-7-9-18(10-8-17)15(20)14-16-11-5-3-4-6-12(11)21-14/h3-6H,2,7-10H2,1H3. The zero-order valence-corrected chi connectivity index (χ0v) is 12.7. The summed E-state index contributed by atoms with van der Waals surface area (Å²) in [6.45, 7) is 4.26. The summed E-state index contributed by atoms with van der Waals surface area (Å²) >= 11 is 1.43. The smallest absolute Gasteiger partial charge is 0.282 e. The molecule has 6 heteroatoms. The lowest BCUT2D eigenvalue weighted by molar-refractivity contribution is -0.132. The Morgan fingerprint density at radius 2 is 1.81 bits per heavy atom. The van der Waals surface area contributed by atoms with Crippen LogP contribution in [0.1, 0.15) is 23.1 Å². The number of carbonyl (C=O) groups excluding carboxylic acids is 2. The predicted octanol–water partition coefficient (Wildman–Crippen LogP) is 1.99. The van der Waals surface area contributed by atoms with Gasteiger partial charge < -0.3 is 9.80 Å². The minimum Gasteiger partial charge on any atom is -0.339 e. The van der Waals surface area contributed by atoms with Crippen molar-refractivity contribution in [1.82, 2.24) is 14.8 Å². The molecule has 2 amide bonds. The van der Waals surface area contributed by atoms with Crippen molar-refractivity contribution >= 4 is 33.4 Å². The molecule has 1 aliphatic heterocycles. The molecule has 0 bridgehead atoms. The fraction of sp³-hybridized carbons (Fsp3) is 0.400. The summed E-state index contributed by atoms with van der Waals surface area (Å²) < 4.78 is 1.03. The van der Waals surface area contributed by atoms with Crippen molar-refractivity contribution in [2.75, 3.05) is 26.2 Å². The highest BCUT2D eigenvalue weighted by atomic mass is 32.1. The van der Waals surface area contributed by atoms with Crippen molar-refractivity contribution in [3.8, 4) is 0 Å². The summed E-state index contributed by atoms with van der Waals surface area (Å²) in [6.07, 6.45) is 0.520. The Morgan fingerprint density at radius 3 is 2.48 bits per heavy atom. The number of fused-ring (bicyclic) bond motifs is 1. The van der Waals surface area contributed by atoms with Crippen LogP contribution in [0.5, 0.6) is 0 Å². The number of aromatic nitrogens is 1. The second kappa shape index (κ2) is 5.81. The molecule has 2 heterocycles. The van der Waals surface area contributed by atoms with E-state index in [1.807, 2.05) is 36.1 Å². The van der Waals surface area contributed by atoms with E-state index in [9.17, 15) is 9.59 Å². The third-order valence-corrected chi connectivity index (χ3v) is 4.72. The molecule has 2 aromatic rings. The molecule has 0 saturated carbocycles. The number of para-hydroxylation sites is 1. The Bertz CT molecular complexity index is 641. The van der Waals surface area contributed by atoms with Gasteiger partial charge in [0, 0.05) is 32.6 Å². The second-order valence-corrected chi connectivity index (χ2v) is 6.04. The second-order valence-electron chi connectivity index (χ2n) is 5.01. The minimum atomic E-state index is -0.0280. The molecular weight excluding hydrogens is 286 g/mol. The van der Waals surface area contributed by atoms with Gasteiger partial charge in [0.2, 0.25) is 5.91 Å². The Balaban J connectivity index is 1.70. The van der Waals surface area contributed by atoms with Gasteiger partial charge in [-0.25, -0.2) is 4.98 Å². The summed E-state index contributed by atoms with van der Waals surface area (Å²) in [5, 5.41) is 0.534. The maximum Gasteiger partial charge on any atom is 0.282 e. The first kappa shape index (κ1) is 14.0. The molecule has 0 spiro atoms. The van der Waals surface area contributed by atoms with Crippen molar-refractivity contribution < 1.29 is 9.59 Å². The molecule has 5 nitrogen and oxygen atoms in total. The van der Waals surface area contributed by atoms with Gasteiger partial charge in [0.1, 0.15) is 0 Å². The summed E-state index contributed by atoms with van der Waals surface area (Å²) in [5.41, 5.74) is 0.866. The lowest BCUT2D eigenvalue weighted by Crippen LogP contribution is -2.50. The lowest BCUT2D eigenvalue weighted by atomic mass is 10.3. The van der Waals surface area contributed by atoms with Crippen molar-refractivity contribution in [3.05, 3.63) is 29.3 Å². The van der Waals surface area contributed by atoms with Gasteiger partial charge in [0.05, 0.1) is 10.2 Å². The number of hydrogen-bond donors (Lipinski definition) is 0. The minimum absolute atomic E-state index is 0.0280. The molecule has 21 heavy (non-hydrogen) atoms. The van der Waals surface area contributed by atoms with Gasteiger partial charge in [-0.2, -0.15) is 0 Å². The van der Waals surface area contributed by atoms with Gasteiger partial charge >= 0.3 is 0 Å². The van der Waals surface area contributed by atoms with E-state index in [1.54, 1.807) is 4.90 Å². The van der Waals surface area contributed by atoms with Gasteiger partial charge in [-0.15, -0.1) is 11.3 Å². The highest BCUT2D eigenvalue weighted by Crippen LogP contribution is 2.23. The summed E-state index contributed by atoms with van der Waals surface area (Å²) in [5.74, 6) is 0.127. The van der Waals surface area contributed by atoms with E-state index < -0.39 is 0 Å². The van der Waals surface area contributed by atoms with Gasteiger partial charge in [-0.1, -0.05) is 19.1 Å². The van der Waals surface area contributed by atoms with Crippen LogP contribution in [0, 0.1) is 0 Å². The lowest BCUT2D eigenvalue weighted by Gasteiger charge is -2.34. The molecule has 1 fully saturated rings. The average molecular weight is 303 g/mol. The van der Waals surface area contributed by atoms with Crippen LogP contribution in [0.2, 0.25) is 0 Å². The number of hydrogen-bond acceptors (Lipinski definition) is 4. The highest BCUT2D eigenvalue weighted by Gasteiger charge is 2.25. The Hall–Kier alpha value is -1.95. The van der Waals surface area contributed by atoms with Crippen LogP contribution in [-0.4, -0.2) is 52.8 Å². The topological polar surface area (TPSA) is 53.5 Å². The normalized spacial score (nSPS) is 15.5. The van der Waals surface area contributed by atoms with Crippen LogP contribution in [0.15, 0.2) is 24.3 Å². The van der Waals surface area contributed by atoms with Crippen LogP contribution in [-0.2, 0) is 4.79 Å². The third kappa shape index (κ3) is 2.76. The Labute approximate surface area is 127 Å². The van der Waals surface area contributed by atoms with Crippen LogP contribution < -0.4 is 0 Å². The molecular formula is C15H17N3O2S. The molecule has 1 aromatic heterocycles. The van der Waals surface area contributed by atoms with E-state index in [0.29, 0.717) is 37.6 Å². The van der Waals surface area contributed by atoms with Crippen molar-refractivity contribution in [2.24, 2.45) is 0 Å². The van der Waals surface area contributed by atoms with Crippen molar-refractivity contribution in [2.45, 2.75) is 13.3 Å². The molecule has 0 aliphatic carbocycles. The molecule has 1 saturated heterocycles. The van der Waals surface area contributed by atoms with E-state index in [1.165, 1.54) is 11.3 Å². The number of carbonyl (C=O) groups is 2. The molecule has 0 N–H and O–H groups in total. The fourth-order valence-corrected chi connectivity index (χ4v) is 3.42. The fourth-order valence-electron chi connectivity index (χ4n) is 2.48. The first-order chi connectivity index (χ1) is 10.2. The maximum atomic E-state index is 12.5. The Kier molecular flexibility index (Phi) is 3.88. The van der Waals surface area contributed by atoms with Crippen molar-refractivity contribution in [1.29, 1.82) is 0 Å². The van der Waals surface area contributed by atoms with E-state index in [2.05, 4.69) is 4.98 Å². The van der Waals surface area contributed by atoms with Gasteiger partial charge in [0.25, 0.3) is 5.91 Å². The molecule has 110 valence electrons. The third-order valence-electron chi connectivity index (χ3n) is 3.70. The number of benzene rings is 1. The van der Waals surface area contributed by atoms with Gasteiger partial charge in [0.15, 0.2) is 5.01 Å². The molecule has 0 atom stereocenters. The van der Waals surface area contributed by atoms with Crippen LogP contribution in [0.25, 0.3) is 10.2 Å². The Morgan fingerprint density at radius 1 is 1.14 bits per heavy atom. The van der Waals surface area contributed by atoms with Crippen LogP contribution >= 0.6 is 11.3 Å². The van der Waals surface area contributed by atoms with E-state index >= 15 is 0 Å². The number of thiazole rings is 1. The molecule has 3 rings (SSSR count). The van der Waals surface area contributed by atoms with E-state index in [0.717, 1.165) is 10.2 Å². The molecule has 1 aromatic carbocycles. The maximum absolute atomic E-state index is 12.5. The SMILES string of the molecule is CCC(=O)N1CCN(C(=O)c2nc3ccccc3s2)CC1. The average Bonchev–Trinajstić information content (AvgIpc) is 2.97. The van der Waals surface area contributed by atoms with Gasteiger partial charge in [-0.3, -0.25) is 9.59 Å². The first-order valence-electron chi connectivity index (χ1n) is 7.11. The quantitative estimate of drug-likeness (QED) is 0.852. The predicted molar refractivity (Wildman–Crippen MR) is 82.4 cm³/mol. The summed E-state index contributed by atoms with van der Waals surface area (Å²) in [4.78, 5) is 32.1. The monoisotopic (exact) mass is 303 g/mol. The van der Waals surface area contributed by atoms with Crippen molar-refractivity contribution in [3.63, 3.8) is 0 Å². The zero-order chi connectivity index (χ0) is 14.8. The zero-order valence-electron chi connectivity index (χ0n) is 11.9. The van der Waals surface area contributed by atoms with Gasteiger partial charge in [-0.05, 0) is 12.1 Å². The number of nitrogens with zero attached hydrogens (tertiary/aromatic N) is 3. The highest BCUT2D eigenvalue weighted by molar-refractivity contribution is 7.20.